The van der Waals surface area contributed by atoms with E-state index in [0.717, 1.165) is 17.7 Å². The first-order chi connectivity index (χ1) is 11.6. The smallest absolute Gasteiger partial charge is 0.231 e. The first kappa shape index (κ1) is 15.3. The van der Waals surface area contributed by atoms with Gasteiger partial charge in [-0.05, 0) is 36.5 Å². The molecule has 24 heavy (non-hydrogen) atoms. The van der Waals surface area contributed by atoms with Gasteiger partial charge >= 0.3 is 0 Å². The van der Waals surface area contributed by atoms with E-state index in [1.807, 2.05) is 5.38 Å². The number of carbonyl (C=O) groups is 2. The average molecular weight is 341 g/mol. The van der Waals surface area contributed by atoms with Crippen LogP contribution in [-0.2, 0) is 22.4 Å². The summed E-state index contributed by atoms with van der Waals surface area (Å²) in [7, 11) is 1.73. The molecule has 1 fully saturated rings. The molecule has 1 N–H and O–H groups in total. The monoisotopic (exact) mass is 341 g/mol. The second kappa shape index (κ2) is 6.02. The Hall–Kier alpha value is -2.21. The van der Waals surface area contributed by atoms with Crippen molar-refractivity contribution in [1.29, 1.82) is 0 Å². The first-order valence-electron chi connectivity index (χ1n) is 8.22. The molecule has 4 rings (SSSR count). The normalized spacial score (nSPS) is 19.6. The number of hydrogen-bond donors (Lipinski definition) is 1. The number of benzene rings is 1. The summed E-state index contributed by atoms with van der Waals surface area (Å²) in [6.45, 7) is 0.480. The van der Waals surface area contributed by atoms with Gasteiger partial charge < -0.3 is 10.2 Å². The molecule has 1 saturated heterocycles. The Bertz CT molecular complexity index is 814. The Kier molecular flexibility index (Phi) is 3.84. The number of nitrogens with zero attached hydrogens (tertiary/aromatic N) is 2. The molecule has 0 spiro atoms. The zero-order valence-electron chi connectivity index (χ0n) is 13.5. The van der Waals surface area contributed by atoms with Gasteiger partial charge in [0, 0.05) is 31.0 Å². The number of hydrogen-bond acceptors (Lipinski definition) is 4. The predicted octanol–water partition coefficient (Wildman–Crippen LogP) is 2.72. The van der Waals surface area contributed by atoms with Crippen molar-refractivity contribution < 1.29 is 9.59 Å². The molecule has 2 heterocycles. The maximum absolute atomic E-state index is 12.3. The molecule has 2 amide bonds. The van der Waals surface area contributed by atoms with E-state index in [1.54, 1.807) is 11.9 Å². The highest BCUT2D eigenvalue weighted by Gasteiger charge is 2.32. The Morgan fingerprint density at radius 3 is 2.96 bits per heavy atom. The molecule has 1 aromatic carbocycles. The lowest BCUT2D eigenvalue weighted by molar-refractivity contribution is -0.127. The standard InChI is InChI=1S/C18H19N3O2S/c1-21-9-14(8-16(21)22)17(23)20-18-19-15(10-24-18)13-6-5-11-3-2-4-12(11)7-13/h5-7,10,14H,2-4,8-9H2,1H3,(H,19,20,23). The van der Waals surface area contributed by atoms with Gasteiger partial charge in [0.05, 0.1) is 11.6 Å². The molecule has 0 bridgehead atoms. The molecule has 2 aromatic rings. The van der Waals surface area contributed by atoms with Crippen LogP contribution in [0.4, 0.5) is 5.13 Å². The third-order valence-electron chi connectivity index (χ3n) is 4.84. The zero-order chi connectivity index (χ0) is 16.7. The number of likely N-dealkylation sites (tertiary alicyclic amines) is 1. The van der Waals surface area contributed by atoms with Crippen molar-refractivity contribution in [3.8, 4) is 11.3 Å². The lowest BCUT2D eigenvalue weighted by atomic mass is 10.1. The molecule has 1 aliphatic carbocycles. The Morgan fingerprint density at radius 2 is 2.17 bits per heavy atom. The lowest BCUT2D eigenvalue weighted by Crippen LogP contribution is -2.25. The van der Waals surface area contributed by atoms with Gasteiger partial charge in [0.15, 0.2) is 5.13 Å². The van der Waals surface area contributed by atoms with Crippen LogP contribution in [0.15, 0.2) is 23.6 Å². The van der Waals surface area contributed by atoms with Crippen LogP contribution in [-0.4, -0.2) is 35.3 Å². The maximum atomic E-state index is 12.3. The van der Waals surface area contributed by atoms with Gasteiger partial charge in [-0.1, -0.05) is 12.1 Å². The van der Waals surface area contributed by atoms with Crippen LogP contribution in [0.25, 0.3) is 11.3 Å². The van der Waals surface area contributed by atoms with Gasteiger partial charge in [-0.3, -0.25) is 9.59 Å². The SMILES string of the molecule is CN1CC(C(=O)Nc2nc(-c3ccc4c(c3)CCC4)cs2)CC1=O. The highest BCUT2D eigenvalue weighted by molar-refractivity contribution is 7.14. The van der Waals surface area contributed by atoms with Crippen LogP contribution >= 0.6 is 11.3 Å². The largest absolute Gasteiger partial charge is 0.345 e. The maximum Gasteiger partial charge on any atom is 0.231 e. The zero-order valence-corrected chi connectivity index (χ0v) is 14.4. The van der Waals surface area contributed by atoms with Crippen molar-refractivity contribution >= 4 is 28.3 Å². The van der Waals surface area contributed by atoms with Crippen LogP contribution in [0, 0.1) is 5.92 Å². The highest BCUT2D eigenvalue weighted by Crippen LogP contribution is 2.30. The number of rotatable bonds is 3. The molecule has 2 aliphatic rings. The molecule has 124 valence electrons. The summed E-state index contributed by atoms with van der Waals surface area (Å²) in [6.07, 6.45) is 3.82. The van der Waals surface area contributed by atoms with Crippen LogP contribution in [0.5, 0.6) is 0 Å². The third kappa shape index (κ3) is 2.82. The van der Waals surface area contributed by atoms with E-state index in [0.29, 0.717) is 11.7 Å². The van der Waals surface area contributed by atoms with E-state index >= 15 is 0 Å². The van der Waals surface area contributed by atoms with Gasteiger partial charge in [-0.2, -0.15) is 0 Å². The van der Waals surface area contributed by atoms with Crippen molar-refractivity contribution in [3.05, 3.63) is 34.7 Å². The van der Waals surface area contributed by atoms with Crippen molar-refractivity contribution in [3.63, 3.8) is 0 Å². The lowest BCUT2D eigenvalue weighted by Gasteiger charge is -2.09. The first-order valence-corrected chi connectivity index (χ1v) is 9.10. The van der Waals surface area contributed by atoms with E-state index < -0.39 is 0 Å². The van der Waals surface area contributed by atoms with Crippen LogP contribution in [0.2, 0.25) is 0 Å². The number of aryl methyl sites for hydroxylation is 2. The number of nitrogens with one attached hydrogen (secondary N) is 1. The fraction of sp³-hybridized carbons (Fsp3) is 0.389. The number of amides is 2. The van der Waals surface area contributed by atoms with Gasteiger partial charge in [-0.25, -0.2) is 4.98 Å². The number of fused-ring (bicyclic) bond motifs is 1. The molecule has 1 atom stereocenters. The second-order valence-electron chi connectivity index (χ2n) is 6.54. The number of thiazole rings is 1. The van der Waals surface area contributed by atoms with E-state index in [9.17, 15) is 9.59 Å². The summed E-state index contributed by atoms with van der Waals surface area (Å²) >= 11 is 1.42. The minimum Gasteiger partial charge on any atom is -0.345 e. The summed E-state index contributed by atoms with van der Waals surface area (Å²) in [5.41, 5.74) is 4.85. The summed E-state index contributed by atoms with van der Waals surface area (Å²) in [4.78, 5) is 30.0. The molecular weight excluding hydrogens is 322 g/mol. The summed E-state index contributed by atoms with van der Waals surface area (Å²) in [6, 6.07) is 6.51. The second-order valence-corrected chi connectivity index (χ2v) is 7.40. The van der Waals surface area contributed by atoms with Crippen molar-refractivity contribution in [2.24, 2.45) is 5.92 Å². The molecule has 1 unspecified atom stereocenters. The van der Waals surface area contributed by atoms with Crippen molar-refractivity contribution in [2.45, 2.75) is 25.7 Å². The van der Waals surface area contributed by atoms with E-state index in [2.05, 4.69) is 28.5 Å². The highest BCUT2D eigenvalue weighted by atomic mass is 32.1. The molecule has 1 aliphatic heterocycles. The molecule has 0 saturated carbocycles. The Balaban J connectivity index is 1.47. The minimum absolute atomic E-state index is 0.0214. The van der Waals surface area contributed by atoms with Crippen LogP contribution in [0.1, 0.15) is 24.0 Å². The molecule has 6 heteroatoms. The molecule has 0 radical (unpaired) electrons. The van der Waals surface area contributed by atoms with Crippen molar-refractivity contribution in [2.75, 3.05) is 18.9 Å². The topological polar surface area (TPSA) is 62.3 Å². The summed E-state index contributed by atoms with van der Waals surface area (Å²) in [5, 5.41) is 5.42. The number of anilines is 1. The third-order valence-corrected chi connectivity index (χ3v) is 5.60. The predicted molar refractivity (Wildman–Crippen MR) is 93.9 cm³/mol. The number of aromatic nitrogens is 1. The molecule has 5 nitrogen and oxygen atoms in total. The van der Waals surface area contributed by atoms with Gasteiger partial charge in [0.1, 0.15) is 0 Å². The van der Waals surface area contributed by atoms with Crippen LogP contribution in [0.3, 0.4) is 0 Å². The summed E-state index contributed by atoms with van der Waals surface area (Å²) < 4.78 is 0. The van der Waals surface area contributed by atoms with Gasteiger partial charge in [0.2, 0.25) is 11.8 Å². The Morgan fingerprint density at radius 1 is 1.33 bits per heavy atom. The quantitative estimate of drug-likeness (QED) is 0.934. The fourth-order valence-corrected chi connectivity index (χ4v) is 4.16. The van der Waals surface area contributed by atoms with E-state index in [-0.39, 0.29) is 24.2 Å². The van der Waals surface area contributed by atoms with E-state index in [1.165, 1.54) is 35.3 Å². The van der Waals surface area contributed by atoms with Gasteiger partial charge in [-0.15, -0.1) is 11.3 Å². The van der Waals surface area contributed by atoms with E-state index in [4.69, 9.17) is 0 Å². The number of carbonyl (C=O) groups excluding carboxylic acids is 2. The Labute approximate surface area is 144 Å². The van der Waals surface area contributed by atoms with Gasteiger partial charge in [0.25, 0.3) is 0 Å². The summed E-state index contributed by atoms with van der Waals surface area (Å²) in [5.74, 6) is -0.384. The fourth-order valence-electron chi connectivity index (χ4n) is 3.44. The van der Waals surface area contributed by atoms with Crippen molar-refractivity contribution in [1.82, 2.24) is 9.88 Å². The average Bonchev–Trinajstić information content (AvgIpc) is 3.27. The molecular formula is C18H19N3O2S. The van der Waals surface area contributed by atoms with Crippen LogP contribution < -0.4 is 5.32 Å². The minimum atomic E-state index is -0.283. The molecule has 1 aromatic heterocycles.